The van der Waals surface area contributed by atoms with E-state index in [1.165, 1.54) is 50.5 Å². The maximum absolute atomic E-state index is 14.2. The van der Waals surface area contributed by atoms with Gasteiger partial charge < -0.3 is 44.0 Å². The quantitative estimate of drug-likeness (QED) is 0.0340. The largest absolute Gasteiger partial charge is 0.478 e. The van der Waals surface area contributed by atoms with Crippen molar-refractivity contribution in [2.24, 2.45) is 22.4 Å². The molecule has 0 unspecified atom stereocenters. The number of hydrogen-bond donors (Lipinski definition) is 8. The number of aromatic carboxylic acids is 2. The van der Waals surface area contributed by atoms with Gasteiger partial charge in [-0.05, 0) is 78.9 Å². The Labute approximate surface area is 289 Å². The highest BCUT2D eigenvalue weighted by Crippen LogP contribution is 2.25. The molecule has 0 saturated carbocycles. The number of aromatic nitrogens is 4. The second kappa shape index (κ2) is 19.7. The average Bonchev–Trinajstić information content (AvgIpc) is 3.67. The van der Waals surface area contributed by atoms with Crippen molar-refractivity contribution in [3.63, 3.8) is 0 Å². The van der Waals surface area contributed by atoms with Crippen LogP contribution >= 0.6 is 0 Å². The summed E-state index contributed by atoms with van der Waals surface area (Å²) in [6, 6.07) is 7.74. The minimum absolute atomic E-state index is 0.0386. The van der Waals surface area contributed by atoms with Gasteiger partial charge in [-0.3, -0.25) is 14.2 Å². The Hall–Kier alpha value is -7.05. The molecule has 0 bridgehead atoms. The molecular formula is C32H37F2N11O6. The highest BCUT2D eigenvalue weighted by atomic mass is 19.1. The van der Waals surface area contributed by atoms with Crippen LogP contribution < -0.4 is 39.3 Å². The fraction of sp³-hybridized carbons (Fsp3) is 0.156. The summed E-state index contributed by atoms with van der Waals surface area (Å²) in [5.74, 6) is 7.07. The summed E-state index contributed by atoms with van der Waals surface area (Å²) in [7, 11) is 3.04. The number of carboxylic acids is 2. The molecule has 4 rings (SSSR count). The van der Waals surface area contributed by atoms with Crippen molar-refractivity contribution in [3.05, 3.63) is 118 Å². The van der Waals surface area contributed by atoms with Crippen LogP contribution in [0.1, 0.15) is 48.8 Å². The number of nitrogen functional groups attached to an aromatic ring is 1. The maximum Gasteiger partial charge on any atom is 0.337 e. The van der Waals surface area contributed by atoms with Crippen LogP contribution in [0, 0.1) is 11.6 Å². The number of aldehydes is 2. The van der Waals surface area contributed by atoms with Gasteiger partial charge >= 0.3 is 11.9 Å². The highest BCUT2D eigenvalue weighted by molar-refractivity contribution is 5.95. The molecule has 0 aliphatic rings. The lowest BCUT2D eigenvalue weighted by Gasteiger charge is -2.12. The average molecular weight is 710 g/mol. The van der Waals surface area contributed by atoms with Gasteiger partial charge in [0.05, 0.1) is 22.5 Å². The molecule has 0 atom stereocenters. The lowest BCUT2D eigenvalue weighted by molar-refractivity contribution is -0.105. The van der Waals surface area contributed by atoms with Crippen LogP contribution in [0.15, 0.2) is 78.1 Å². The normalized spacial score (nSPS) is 11.3. The van der Waals surface area contributed by atoms with Gasteiger partial charge in [-0.2, -0.15) is 9.89 Å². The number of nitrogens with one attached hydrogen (secondary N) is 2. The molecule has 2 heterocycles. The number of aryl methyl sites for hydroxylation is 2. The molecule has 0 aliphatic carbocycles. The molecule has 12 N–H and O–H groups in total. The Balaban J connectivity index is 0.000000309. The van der Waals surface area contributed by atoms with Crippen molar-refractivity contribution >= 4 is 41.7 Å². The molecule has 0 fully saturated rings. The van der Waals surface area contributed by atoms with Gasteiger partial charge in [0.2, 0.25) is 0 Å². The van der Waals surface area contributed by atoms with E-state index in [0.717, 1.165) is 16.9 Å². The Kier molecular flexibility index (Phi) is 15.5. The van der Waals surface area contributed by atoms with Gasteiger partial charge in [0.25, 0.3) is 0 Å². The third-order valence-electron chi connectivity index (χ3n) is 6.76. The Morgan fingerprint density at radius 3 is 2.02 bits per heavy atom. The fourth-order valence-electron chi connectivity index (χ4n) is 4.19. The maximum atomic E-state index is 14.2. The number of hydrogen-bond acceptors (Lipinski definition) is 13. The summed E-state index contributed by atoms with van der Waals surface area (Å²) in [5.41, 5.74) is 12.3. The molecule has 0 radical (unpaired) electrons. The zero-order valence-corrected chi connectivity index (χ0v) is 27.5. The monoisotopic (exact) mass is 709 g/mol. The van der Waals surface area contributed by atoms with Gasteiger partial charge in [0, 0.05) is 32.2 Å². The number of nitrogens with zero attached hydrogens (tertiary/aromatic N) is 5. The van der Waals surface area contributed by atoms with Gasteiger partial charge in [0.15, 0.2) is 18.1 Å². The van der Waals surface area contributed by atoms with Crippen molar-refractivity contribution in [1.82, 2.24) is 19.4 Å². The zero-order valence-electron chi connectivity index (χ0n) is 27.5. The number of carbonyl (C=O) groups is 4. The van der Waals surface area contributed by atoms with E-state index in [4.69, 9.17) is 28.3 Å². The SMILES string of the molecule is CNc1cc(CCCc2cc(C(=O)O)c(NC)cc2F)c(F)cc1C(=O)O.N/C(C=O)=C\C=C(/N)n1ccnc1.N/N=c1/ccc(C=O)nn1N. The van der Waals surface area contributed by atoms with Crippen molar-refractivity contribution in [2.75, 3.05) is 30.6 Å². The third-order valence-corrected chi connectivity index (χ3v) is 6.76. The van der Waals surface area contributed by atoms with Crippen LogP contribution in [0.4, 0.5) is 20.2 Å². The van der Waals surface area contributed by atoms with Crippen LogP contribution in [0.3, 0.4) is 0 Å². The van der Waals surface area contributed by atoms with Gasteiger partial charge in [-0.25, -0.2) is 23.4 Å². The van der Waals surface area contributed by atoms with Crippen molar-refractivity contribution < 1.29 is 38.2 Å². The number of imidazole rings is 1. The van der Waals surface area contributed by atoms with E-state index >= 15 is 0 Å². The van der Waals surface area contributed by atoms with Crippen LogP contribution in [-0.4, -0.2) is 68.3 Å². The Morgan fingerprint density at radius 1 is 0.922 bits per heavy atom. The number of carbonyl (C=O) groups excluding carboxylic acids is 2. The molecule has 270 valence electrons. The predicted molar refractivity (Wildman–Crippen MR) is 184 cm³/mol. The molecule has 0 amide bonds. The molecule has 0 saturated heterocycles. The van der Waals surface area contributed by atoms with Crippen molar-refractivity contribution in [2.45, 2.75) is 19.3 Å². The first-order valence-corrected chi connectivity index (χ1v) is 14.7. The summed E-state index contributed by atoms with van der Waals surface area (Å²) in [6.07, 6.45) is 9.78. The minimum Gasteiger partial charge on any atom is -0.478 e. The van der Waals surface area contributed by atoms with E-state index in [1.54, 1.807) is 23.3 Å². The topological polar surface area (TPSA) is 285 Å². The standard InChI is InChI=1S/C19H20F2N2O4.C8H10N4O.C5H7N5O/c1-22-16-7-11(14(20)8-13(16)19(26)27)5-3-4-10-6-12(18(24)25)17(23-2)9-15(10)21;9-7(5-13)1-2-8(10)12-4-3-11-6-12;6-8-5-2-1-4(3-11)9-10(5)7/h6-9,22-23H,3-5H2,1-2H3,(H,24,25)(H,26,27);1-6H,9-10H2;1-3H,6-7H2/b;7-1-,8-2+;8-5-. The number of allylic oxidation sites excluding steroid dienone is 3. The lowest BCUT2D eigenvalue weighted by atomic mass is 9.99. The predicted octanol–water partition coefficient (Wildman–Crippen LogP) is 1.49. The Bertz CT molecular complexity index is 1980. The van der Waals surface area contributed by atoms with Crippen LogP contribution in [0.25, 0.3) is 5.82 Å². The molecule has 19 heteroatoms. The fourth-order valence-corrected chi connectivity index (χ4v) is 4.19. The number of anilines is 2. The first-order chi connectivity index (χ1) is 24.3. The summed E-state index contributed by atoms with van der Waals surface area (Å²) in [6.45, 7) is 0. The van der Waals surface area contributed by atoms with Gasteiger partial charge in [-0.15, -0.1) is 5.10 Å². The molecule has 17 nitrogen and oxygen atoms in total. The molecule has 0 aliphatic heterocycles. The summed E-state index contributed by atoms with van der Waals surface area (Å²) >= 11 is 0. The second-order valence-electron chi connectivity index (χ2n) is 10.1. The first kappa shape index (κ1) is 40.1. The molecule has 4 aromatic rings. The summed E-state index contributed by atoms with van der Waals surface area (Å²) < 4.78 is 29.9. The van der Waals surface area contributed by atoms with Crippen LogP contribution in [0.2, 0.25) is 0 Å². The first-order valence-electron chi connectivity index (χ1n) is 14.7. The van der Waals surface area contributed by atoms with E-state index < -0.39 is 23.6 Å². The molecular weight excluding hydrogens is 672 g/mol. The van der Waals surface area contributed by atoms with Crippen molar-refractivity contribution in [1.29, 1.82) is 0 Å². The van der Waals surface area contributed by atoms with Crippen LogP contribution in [0.5, 0.6) is 0 Å². The zero-order chi connectivity index (χ0) is 38.1. The minimum atomic E-state index is -1.24. The molecule has 0 spiro atoms. The van der Waals surface area contributed by atoms with E-state index in [9.17, 15) is 33.1 Å². The number of nitrogens with two attached hydrogens (primary N) is 4. The van der Waals surface area contributed by atoms with Gasteiger partial charge in [0.1, 0.15) is 29.5 Å². The van der Waals surface area contributed by atoms with E-state index in [-0.39, 0.29) is 52.3 Å². The van der Waals surface area contributed by atoms with E-state index in [2.05, 4.69) is 25.8 Å². The highest BCUT2D eigenvalue weighted by Gasteiger charge is 2.16. The summed E-state index contributed by atoms with van der Waals surface area (Å²) in [4.78, 5) is 47.4. The van der Waals surface area contributed by atoms with Crippen molar-refractivity contribution in [3.8, 4) is 0 Å². The van der Waals surface area contributed by atoms with E-state index in [0.29, 0.717) is 35.9 Å². The van der Waals surface area contributed by atoms with E-state index in [1.807, 2.05) is 0 Å². The number of rotatable bonds is 12. The smallest absolute Gasteiger partial charge is 0.337 e. The lowest BCUT2D eigenvalue weighted by Crippen LogP contribution is -2.31. The number of halogens is 2. The van der Waals surface area contributed by atoms with Crippen LogP contribution in [-0.2, 0) is 17.6 Å². The third kappa shape index (κ3) is 11.9. The second-order valence-corrected chi connectivity index (χ2v) is 10.1. The number of carboxylic acid groups (broad SMARTS) is 2. The van der Waals surface area contributed by atoms with Gasteiger partial charge in [-0.1, -0.05) is 0 Å². The Morgan fingerprint density at radius 2 is 1.51 bits per heavy atom. The summed E-state index contributed by atoms with van der Waals surface area (Å²) in [5, 5.41) is 30.6. The molecule has 51 heavy (non-hydrogen) atoms. The molecule has 2 aromatic heterocycles. The molecule has 2 aromatic carbocycles. The number of benzene rings is 2.